The van der Waals surface area contributed by atoms with E-state index in [1.807, 2.05) is 24.3 Å². The minimum atomic E-state index is -0.253. The fourth-order valence-electron chi connectivity index (χ4n) is 1.41. The van der Waals surface area contributed by atoms with E-state index in [2.05, 4.69) is 21.6 Å². The Morgan fingerprint density at radius 3 is 1.50 bits per heavy atom. The lowest BCUT2D eigenvalue weighted by Gasteiger charge is -2.12. The Balaban J connectivity index is 1.78. The average Bonchev–Trinajstić information content (AvgIpc) is 2.76. The molecule has 0 aromatic rings. The van der Waals surface area contributed by atoms with Crippen molar-refractivity contribution < 1.29 is 4.79 Å². The Kier molecular flexibility index (Phi) is 3.32. The molecule has 0 unspecified atom stereocenters. The molecule has 0 amide bonds. The maximum absolute atomic E-state index is 11.7. The highest BCUT2D eigenvalue weighted by Gasteiger charge is 2.10. The van der Waals surface area contributed by atoms with Crippen molar-refractivity contribution in [1.29, 1.82) is 0 Å². The third-order valence-electron chi connectivity index (χ3n) is 2.05. The van der Waals surface area contributed by atoms with Crippen molar-refractivity contribution in [3.63, 3.8) is 0 Å². The molecule has 2 aliphatic rings. The third-order valence-corrected chi connectivity index (χ3v) is 5.71. The summed E-state index contributed by atoms with van der Waals surface area (Å²) in [5, 5.41) is 8.61. The van der Waals surface area contributed by atoms with Crippen molar-refractivity contribution in [3.8, 4) is 0 Å². The van der Waals surface area contributed by atoms with Gasteiger partial charge in [0, 0.05) is 11.5 Å². The molecule has 2 aliphatic heterocycles. The van der Waals surface area contributed by atoms with E-state index in [0.29, 0.717) is 5.78 Å². The molecule has 14 heavy (non-hydrogen) atoms. The lowest BCUT2D eigenvalue weighted by molar-refractivity contribution is -0.114. The van der Waals surface area contributed by atoms with Crippen molar-refractivity contribution >= 4 is 27.6 Å². The monoisotopic (exact) mass is 226 g/mol. The maximum atomic E-state index is 11.7. The molecule has 76 valence electrons. The van der Waals surface area contributed by atoms with Gasteiger partial charge in [0.25, 0.3) is 0 Å². The molecule has 0 radical (unpaired) electrons. The maximum Gasteiger partial charge on any atom is 0.150 e. The van der Waals surface area contributed by atoms with Crippen LogP contribution in [0.2, 0.25) is 0 Å². The molecule has 3 heteroatoms. The van der Waals surface area contributed by atoms with Gasteiger partial charge in [-0.15, -0.1) is 0 Å². The Morgan fingerprint density at radius 1 is 0.786 bits per heavy atom. The third kappa shape index (κ3) is 2.66. The molecular weight excluding hydrogens is 212 g/mol. The van der Waals surface area contributed by atoms with Crippen LogP contribution in [0.5, 0.6) is 0 Å². The minimum absolute atomic E-state index is 0.253. The van der Waals surface area contributed by atoms with Crippen LogP contribution >= 0.6 is 21.8 Å². The SMILES string of the molecule is O=C(C[SH]1C=CC=C1)C[SH]1C=CC=C1. The highest BCUT2D eigenvalue weighted by atomic mass is 32.2. The largest absolute Gasteiger partial charge is 0.298 e. The second-order valence-corrected chi connectivity index (χ2v) is 7.13. The van der Waals surface area contributed by atoms with Gasteiger partial charge >= 0.3 is 0 Å². The molecule has 2 rings (SSSR count). The zero-order valence-electron chi connectivity index (χ0n) is 7.84. The first kappa shape index (κ1) is 9.87. The molecule has 0 spiro atoms. The zero-order valence-corrected chi connectivity index (χ0v) is 9.62. The lowest BCUT2D eigenvalue weighted by atomic mass is 10.5. The van der Waals surface area contributed by atoms with Gasteiger partial charge in [0.1, 0.15) is 5.78 Å². The number of rotatable bonds is 4. The summed E-state index contributed by atoms with van der Waals surface area (Å²) in [5.41, 5.74) is 0. The predicted molar refractivity (Wildman–Crippen MR) is 69.3 cm³/mol. The number of thiol groups is 2. The van der Waals surface area contributed by atoms with Crippen LogP contribution in [0.4, 0.5) is 0 Å². The van der Waals surface area contributed by atoms with Gasteiger partial charge in [-0.1, -0.05) is 24.3 Å². The predicted octanol–water partition coefficient (Wildman–Crippen LogP) is 2.64. The highest BCUT2D eigenvalue weighted by molar-refractivity contribution is 8.24. The Morgan fingerprint density at radius 2 is 1.14 bits per heavy atom. The summed E-state index contributed by atoms with van der Waals surface area (Å²) < 4.78 is 0. The molecule has 0 N–H and O–H groups in total. The molecular formula is C11H14OS2. The highest BCUT2D eigenvalue weighted by Crippen LogP contribution is 2.36. The van der Waals surface area contributed by atoms with Crippen molar-refractivity contribution in [2.75, 3.05) is 11.5 Å². The van der Waals surface area contributed by atoms with Crippen molar-refractivity contribution in [1.82, 2.24) is 0 Å². The molecule has 2 heterocycles. The van der Waals surface area contributed by atoms with E-state index < -0.39 is 0 Å². The summed E-state index contributed by atoms with van der Waals surface area (Å²) in [6.07, 6.45) is 8.17. The van der Waals surface area contributed by atoms with Crippen LogP contribution in [-0.4, -0.2) is 17.3 Å². The molecule has 0 atom stereocenters. The Bertz CT molecular complexity index is 283. The first-order chi connectivity index (χ1) is 6.84. The Hall–Kier alpha value is -0.670. The minimum Gasteiger partial charge on any atom is -0.298 e. The van der Waals surface area contributed by atoms with Gasteiger partial charge in [-0.2, -0.15) is 0 Å². The number of hydrogen-bond donors (Lipinski definition) is 2. The number of allylic oxidation sites excluding steroid dienone is 4. The number of carbonyl (C=O) groups is 1. The van der Waals surface area contributed by atoms with E-state index in [-0.39, 0.29) is 21.8 Å². The summed E-state index contributed by atoms with van der Waals surface area (Å²) in [7, 11) is -0.506. The van der Waals surface area contributed by atoms with Crippen LogP contribution in [0.15, 0.2) is 45.9 Å². The van der Waals surface area contributed by atoms with E-state index >= 15 is 0 Å². The van der Waals surface area contributed by atoms with Crippen molar-refractivity contribution in [2.24, 2.45) is 0 Å². The van der Waals surface area contributed by atoms with Gasteiger partial charge in [0.05, 0.1) is 0 Å². The Labute approximate surface area is 90.0 Å². The van der Waals surface area contributed by atoms with Gasteiger partial charge in [-0.25, -0.2) is 21.8 Å². The summed E-state index contributed by atoms with van der Waals surface area (Å²) in [5.74, 6) is 1.89. The van der Waals surface area contributed by atoms with E-state index in [1.54, 1.807) is 0 Å². The van der Waals surface area contributed by atoms with E-state index in [1.165, 1.54) is 0 Å². The average molecular weight is 226 g/mol. The smallest absolute Gasteiger partial charge is 0.150 e. The quantitative estimate of drug-likeness (QED) is 0.705. The van der Waals surface area contributed by atoms with Gasteiger partial charge in [0.2, 0.25) is 0 Å². The molecule has 1 nitrogen and oxygen atoms in total. The van der Waals surface area contributed by atoms with E-state index in [0.717, 1.165) is 11.5 Å². The lowest BCUT2D eigenvalue weighted by Crippen LogP contribution is -2.07. The number of carbonyl (C=O) groups excluding carboxylic acids is 1. The van der Waals surface area contributed by atoms with Crippen LogP contribution in [0.3, 0.4) is 0 Å². The van der Waals surface area contributed by atoms with Crippen LogP contribution in [0.25, 0.3) is 0 Å². The second kappa shape index (κ2) is 4.71. The van der Waals surface area contributed by atoms with Crippen LogP contribution in [0, 0.1) is 0 Å². The molecule has 0 saturated carbocycles. The number of ketones is 1. The molecule has 0 saturated heterocycles. The first-order valence-electron chi connectivity index (χ1n) is 4.58. The van der Waals surface area contributed by atoms with Crippen molar-refractivity contribution in [2.45, 2.75) is 0 Å². The number of Topliss-reactive ketones (excluding diaryl/α,β-unsaturated/α-hetero) is 1. The molecule has 0 aromatic carbocycles. The normalized spacial score (nSPS) is 22.6. The van der Waals surface area contributed by atoms with Gasteiger partial charge in [-0.05, 0) is 21.6 Å². The second-order valence-electron chi connectivity index (χ2n) is 3.25. The zero-order chi connectivity index (χ0) is 9.80. The van der Waals surface area contributed by atoms with Gasteiger partial charge < -0.3 is 0 Å². The topological polar surface area (TPSA) is 17.1 Å². The molecule has 0 aliphatic carbocycles. The van der Waals surface area contributed by atoms with Crippen LogP contribution in [-0.2, 0) is 4.79 Å². The van der Waals surface area contributed by atoms with E-state index in [4.69, 9.17) is 0 Å². The van der Waals surface area contributed by atoms with Gasteiger partial charge in [0.15, 0.2) is 0 Å². The molecule has 0 bridgehead atoms. The molecule has 0 fully saturated rings. The standard InChI is InChI=1S/C11H14OS2/c12-11(9-13-5-1-2-6-13)10-14-7-3-4-8-14/h1-8,13-14H,9-10H2. The summed E-state index contributed by atoms with van der Waals surface area (Å²) in [4.78, 5) is 11.7. The fourth-order valence-corrected chi connectivity index (χ4v) is 4.53. The summed E-state index contributed by atoms with van der Waals surface area (Å²) >= 11 is 0. The first-order valence-corrected chi connectivity index (χ1v) is 7.91. The fraction of sp³-hybridized carbons (Fsp3) is 0.182. The van der Waals surface area contributed by atoms with Crippen LogP contribution < -0.4 is 0 Å². The van der Waals surface area contributed by atoms with Gasteiger partial charge in [-0.3, -0.25) is 4.79 Å². The molecule has 0 aromatic heterocycles. The van der Waals surface area contributed by atoms with Crippen molar-refractivity contribution in [3.05, 3.63) is 45.9 Å². The summed E-state index contributed by atoms with van der Waals surface area (Å²) in [6, 6.07) is 0. The number of hydrogen-bond acceptors (Lipinski definition) is 1. The summed E-state index contributed by atoms with van der Waals surface area (Å²) in [6.45, 7) is 0. The van der Waals surface area contributed by atoms with Crippen LogP contribution in [0.1, 0.15) is 0 Å². The van der Waals surface area contributed by atoms with E-state index in [9.17, 15) is 4.79 Å².